The third-order valence-corrected chi connectivity index (χ3v) is 5.76. The molecule has 164 valence electrons. The predicted octanol–water partition coefficient (Wildman–Crippen LogP) is 3.51. The average molecular weight is 517 g/mol. The van der Waals surface area contributed by atoms with Crippen LogP contribution in [-0.4, -0.2) is 75.2 Å². The average Bonchev–Trinajstić information content (AvgIpc) is 2.69. The van der Waals surface area contributed by atoms with E-state index < -0.39 is 0 Å². The van der Waals surface area contributed by atoms with E-state index in [0.29, 0.717) is 5.92 Å². The van der Waals surface area contributed by atoms with Gasteiger partial charge in [0, 0.05) is 58.5 Å². The van der Waals surface area contributed by atoms with E-state index in [2.05, 4.69) is 38.9 Å². The number of piperidine rings is 1. The number of hydrogen-bond donors (Lipinski definition) is 1. The van der Waals surface area contributed by atoms with Gasteiger partial charge < -0.3 is 20.0 Å². The zero-order valence-electron chi connectivity index (χ0n) is 18.1. The fourth-order valence-corrected chi connectivity index (χ4v) is 4.40. The van der Waals surface area contributed by atoms with Crippen LogP contribution in [0.3, 0.4) is 0 Å². The lowest BCUT2D eigenvalue weighted by Crippen LogP contribution is -2.53. The Hall–Kier alpha value is -1.09. The molecule has 0 saturated carbocycles. The van der Waals surface area contributed by atoms with Crippen molar-refractivity contribution in [1.29, 1.82) is 0 Å². The lowest BCUT2D eigenvalue weighted by Gasteiger charge is -2.38. The minimum absolute atomic E-state index is 0. The number of hydrogen-bond acceptors (Lipinski definition) is 3. The Bertz CT molecular complexity index is 629. The standard InChI is InChI=1S/C22H36FN5.HI/c1-18(2)16-26-10-4-5-19(17-26)15-25-22(24-3)28-13-11-27(12-14-28)21-8-6-20(23)7-9-21;/h6-9,18-19H,4-5,10-17H2,1-3H3,(H,24,25);1H. The van der Waals surface area contributed by atoms with Gasteiger partial charge in [-0.15, -0.1) is 24.0 Å². The van der Waals surface area contributed by atoms with Gasteiger partial charge in [0.25, 0.3) is 0 Å². The highest BCUT2D eigenvalue weighted by Crippen LogP contribution is 2.18. The Balaban J connectivity index is 0.00000300. The normalized spacial score (nSPS) is 21.3. The topological polar surface area (TPSA) is 34.1 Å². The van der Waals surface area contributed by atoms with Crippen molar-refractivity contribution in [2.75, 3.05) is 64.3 Å². The Morgan fingerprint density at radius 2 is 1.83 bits per heavy atom. The minimum Gasteiger partial charge on any atom is -0.368 e. The zero-order chi connectivity index (χ0) is 19.9. The summed E-state index contributed by atoms with van der Waals surface area (Å²) in [6.45, 7) is 13.0. The van der Waals surface area contributed by atoms with Crippen molar-refractivity contribution in [2.45, 2.75) is 26.7 Å². The molecule has 0 amide bonds. The van der Waals surface area contributed by atoms with Crippen LogP contribution in [-0.2, 0) is 0 Å². The van der Waals surface area contributed by atoms with Gasteiger partial charge in [0.15, 0.2) is 5.96 Å². The van der Waals surface area contributed by atoms with Gasteiger partial charge >= 0.3 is 0 Å². The highest BCUT2D eigenvalue weighted by atomic mass is 127. The molecule has 2 aliphatic heterocycles. The molecule has 1 unspecified atom stereocenters. The number of nitrogens with one attached hydrogen (secondary N) is 1. The molecule has 1 N–H and O–H groups in total. The first-order valence-corrected chi connectivity index (χ1v) is 10.7. The molecule has 29 heavy (non-hydrogen) atoms. The van der Waals surface area contributed by atoms with E-state index in [1.807, 2.05) is 19.2 Å². The molecule has 0 bridgehead atoms. The number of aliphatic imine (C=N–C) groups is 1. The summed E-state index contributed by atoms with van der Waals surface area (Å²) in [4.78, 5) is 11.8. The molecule has 0 aromatic heterocycles. The van der Waals surface area contributed by atoms with Crippen molar-refractivity contribution in [1.82, 2.24) is 15.1 Å². The molecule has 7 heteroatoms. The first-order valence-electron chi connectivity index (χ1n) is 10.7. The van der Waals surface area contributed by atoms with Crippen LogP contribution in [0.4, 0.5) is 10.1 Å². The monoisotopic (exact) mass is 517 g/mol. The van der Waals surface area contributed by atoms with Gasteiger partial charge in [0.1, 0.15) is 5.82 Å². The van der Waals surface area contributed by atoms with Crippen molar-refractivity contribution in [3.8, 4) is 0 Å². The van der Waals surface area contributed by atoms with E-state index in [1.54, 1.807) is 0 Å². The molecule has 5 nitrogen and oxygen atoms in total. The maximum absolute atomic E-state index is 13.1. The van der Waals surface area contributed by atoms with E-state index in [4.69, 9.17) is 0 Å². The van der Waals surface area contributed by atoms with Gasteiger partial charge in [-0.3, -0.25) is 4.99 Å². The SMILES string of the molecule is CN=C(NCC1CCCN(CC(C)C)C1)N1CCN(c2ccc(F)cc2)CC1.I. The van der Waals surface area contributed by atoms with E-state index in [0.717, 1.165) is 50.3 Å². The van der Waals surface area contributed by atoms with Gasteiger partial charge in [-0.25, -0.2) is 4.39 Å². The van der Waals surface area contributed by atoms with Crippen LogP contribution in [0.2, 0.25) is 0 Å². The first-order chi connectivity index (χ1) is 13.5. The molecule has 2 heterocycles. The number of guanidine groups is 1. The summed E-state index contributed by atoms with van der Waals surface area (Å²) >= 11 is 0. The lowest BCUT2D eigenvalue weighted by molar-refractivity contribution is 0.159. The summed E-state index contributed by atoms with van der Waals surface area (Å²) in [6, 6.07) is 6.80. The molecule has 3 rings (SSSR count). The Morgan fingerprint density at radius 1 is 1.14 bits per heavy atom. The van der Waals surface area contributed by atoms with Crippen LogP contribution in [0, 0.1) is 17.7 Å². The van der Waals surface area contributed by atoms with E-state index in [-0.39, 0.29) is 29.8 Å². The summed E-state index contributed by atoms with van der Waals surface area (Å²) in [6.07, 6.45) is 2.60. The number of benzene rings is 1. The smallest absolute Gasteiger partial charge is 0.193 e. The van der Waals surface area contributed by atoms with E-state index in [9.17, 15) is 4.39 Å². The van der Waals surface area contributed by atoms with Gasteiger partial charge in [0.05, 0.1) is 0 Å². The van der Waals surface area contributed by atoms with Crippen molar-refractivity contribution in [2.24, 2.45) is 16.8 Å². The molecule has 0 aliphatic carbocycles. The number of halogens is 2. The fraction of sp³-hybridized carbons (Fsp3) is 0.682. The second-order valence-corrected chi connectivity index (χ2v) is 8.54. The molecule has 2 fully saturated rings. The van der Waals surface area contributed by atoms with Gasteiger partial charge in [-0.2, -0.15) is 0 Å². The van der Waals surface area contributed by atoms with Gasteiger partial charge in [0.2, 0.25) is 0 Å². The van der Waals surface area contributed by atoms with Crippen LogP contribution in [0.25, 0.3) is 0 Å². The van der Waals surface area contributed by atoms with Crippen molar-refractivity contribution < 1.29 is 4.39 Å². The number of likely N-dealkylation sites (tertiary alicyclic amines) is 1. The number of nitrogens with zero attached hydrogens (tertiary/aromatic N) is 4. The lowest BCUT2D eigenvalue weighted by atomic mass is 9.97. The Morgan fingerprint density at radius 3 is 2.45 bits per heavy atom. The van der Waals surface area contributed by atoms with Crippen molar-refractivity contribution in [3.63, 3.8) is 0 Å². The molecule has 0 spiro atoms. The van der Waals surface area contributed by atoms with Crippen LogP contribution < -0.4 is 10.2 Å². The number of piperazine rings is 1. The van der Waals surface area contributed by atoms with Crippen LogP contribution in [0.1, 0.15) is 26.7 Å². The van der Waals surface area contributed by atoms with Crippen LogP contribution in [0.5, 0.6) is 0 Å². The summed E-state index contributed by atoms with van der Waals surface area (Å²) in [5.41, 5.74) is 1.09. The Kier molecular flexibility index (Phi) is 9.95. The maximum atomic E-state index is 13.1. The quantitative estimate of drug-likeness (QED) is 0.369. The third kappa shape index (κ3) is 7.27. The van der Waals surface area contributed by atoms with Crippen molar-refractivity contribution >= 4 is 35.6 Å². The summed E-state index contributed by atoms with van der Waals surface area (Å²) in [5.74, 6) is 2.27. The van der Waals surface area contributed by atoms with E-state index >= 15 is 0 Å². The zero-order valence-corrected chi connectivity index (χ0v) is 20.4. The molecule has 1 aromatic rings. The first kappa shape index (κ1) is 24.2. The van der Waals surface area contributed by atoms with Gasteiger partial charge in [-0.1, -0.05) is 13.8 Å². The Labute approximate surface area is 192 Å². The summed E-state index contributed by atoms with van der Waals surface area (Å²) in [7, 11) is 1.88. The molecule has 1 aromatic carbocycles. The molecular formula is C22H37FIN5. The maximum Gasteiger partial charge on any atom is 0.193 e. The van der Waals surface area contributed by atoms with Crippen LogP contribution >= 0.6 is 24.0 Å². The minimum atomic E-state index is -0.179. The third-order valence-electron chi connectivity index (χ3n) is 5.76. The van der Waals surface area contributed by atoms with Crippen molar-refractivity contribution in [3.05, 3.63) is 30.1 Å². The molecule has 1 atom stereocenters. The highest BCUT2D eigenvalue weighted by Gasteiger charge is 2.23. The van der Waals surface area contributed by atoms with Gasteiger partial charge in [-0.05, 0) is 55.5 Å². The second kappa shape index (κ2) is 11.9. The highest BCUT2D eigenvalue weighted by molar-refractivity contribution is 14.0. The summed E-state index contributed by atoms with van der Waals surface area (Å²) in [5, 5.41) is 3.63. The predicted molar refractivity (Wildman–Crippen MR) is 131 cm³/mol. The molecule has 2 aliphatic rings. The van der Waals surface area contributed by atoms with Crippen LogP contribution in [0.15, 0.2) is 29.3 Å². The largest absolute Gasteiger partial charge is 0.368 e. The second-order valence-electron chi connectivity index (χ2n) is 8.54. The molecular weight excluding hydrogens is 480 g/mol. The fourth-order valence-electron chi connectivity index (χ4n) is 4.40. The van der Waals surface area contributed by atoms with E-state index in [1.165, 1.54) is 44.6 Å². The number of anilines is 1. The number of rotatable bonds is 5. The molecule has 0 radical (unpaired) electrons. The summed E-state index contributed by atoms with van der Waals surface area (Å²) < 4.78 is 13.1. The molecule has 2 saturated heterocycles.